The van der Waals surface area contributed by atoms with Gasteiger partial charge in [-0.1, -0.05) is 19.9 Å². The highest BCUT2D eigenvalue weighted by atomic mass is 19.1. The number of amides is 1. The molecule has 0 saturated heterocycles. The van der Waals surface area contributed by atoms with E-state index in [1.165, 1.54) is 0 Å². The van der Waals surface area contributed by atoms with E-state index in [1.54, 1.807) is 31.5 Å². The standard InChI is InChI=1S/C26H25FN6O3/c1-13(2)21-11-28-24(35-3)23(29-21)31-22-16-6-4-14(8-20(16)32-33-22)18-10-26(18)17-9-15(36-12-27)5-7-19(17)30-25(26)34/h4-9,11,13,18H,10,12H2,1-3H3,(H,30,34)(H2,29,31,32,33)/t18-,26-/m0/s1. The number of alkyl halides is 1. The van der Waals surface area contributed by atoms with E-state index in [-0.39, 0.29) is 17.7 Å². The van der Waals surface area contributed by atoms with E-state index in [0.717, 1.165) is 33.4 Å². The molecule has 0 unspecified atom stereocenters. The highest BCUT2D eigenvalue weighted by molar-refractivity contribution is 6.10. The molecule has 2 aliphatic rings. The van der Waals surface area contributed by atoms with Crippen LogP contribution in [0.4, 0.5) is 21.7 Å². The van der Waals surface area contributed by atoms with Crippen LogP contribution < -0.4 is 20.1 Å². The summed E-state index contributed by atoms with van der Waals surface area (Å²) in [7, 11) is 1.55. The fraction of sp³-hybridized carbons (Fsp3) is 0.308. The summed E-state index contributed by atoms with van der Waals surface area (Å²) >= 11 is 0. The van der Waals surface area contributed by atoms with Crippen LogP contribution >= 0.6 is 0 Å². The van der Waals surface area contributed by atoms with Gasteiger partial charge in [0.15, 0.2) is 11.6 Å². The lowest BCUT2D eigenvalue weighted by Crippen LogP contribution is -2.21. The number of anilines is 3. The lowest BCUT2D eigenvalue weighted by molar-refractivity contribution is -0.118. The minimum Gasteiger partial charge on any atom is -0.478 e. The van der Waals surface area contributed by atoms with Gasteiger partial charge in [-0.25, -0.2) is 14.4 Å². The normalized spacial score (nSPS) is 20.0. The first-order valence-corrected chi connectivity index (χ1v) is 11.8. The Balaban J connectivity index is 1.31. The zero-order valence-electron chi connectivity index (χ0n) is 20.1. The SMILES string of the molecule is COc1ncc(C(C)C)nc1Nc1n[nH]c2cc([C@@H]3C[C@@]34C(=O)Nc3ccc(OCF)cc34)ccc12. The maximum absolute atomic E-state index is 13.0. The monoisotopic (exact) mass is 488 g/mol. The average Bonchev–Trinajstić information content (AvgIpc) is 3.43. The highest BCUT2D eigenvalue weighted by Gasteiger charge is 2.65. The molecule has 36 heavy (non-hydrogen) atoms. The van der Waals surface area contributed by atoms with Crippen LogP contribution in [0.2, 0.25) is 0 Å². The number of H-pyrrole nitrogens is 1. The minimum absolute atomic E-state index is 0.00262. The highest BCUT2D eigenvalue weighted by Crippen LogP contribution is 2.65. The van der Waals surface area contributed by atoms with Gasteiger partial charge in [0.25, 0.3) is 5.88 Å². The van der Waals surface area contributed by atoms with E-state index in [1.807, 2.05) is 32.0 Å². The number of hydrogen-bond donors (Lipinski definition) is 3. The molecule has 1 saturated carbocycles. The van der Waals surface area contributed by atoms with Gasteiger partial charge in [0.2, 0.25) is 12.8 Å². The van der Waals surface area contributed by atoms with Crippen molar-refractivity contribution in [3.8, 4) is 11.6 Å². The van der Waals surface area contributed by atoms with Gasteiger partial charge in [0.05, 0.1) is 29.9 Å². The first kappa shape index (κ1) is 22.3. The summed E-state index contributed by atoms with van der Waals surface area (Å²) in [5, 5.41) is 14.6. The molecule has 9 nitrogen and oxygen atoms in total. The molecule has 2 aromatic heterocycles. The molecule has 1 fully saturated rings. The zero-order chi connectivity index (χ0) is 25.0. The number of methoxy groups -OCH3 is 1. The minimum atomic E-state index is -0.914. The largest absolute Gasteiger partial charge is 0.478 e. The first-order valence-electron chi connectivity index (χ1n) is 11.8. The number of carbonyl (C=O) groups excluding carboxylic acids is 1. The molecule has 6 rings (SSSR count). The number of benzene rings is 2. The maximum atomic E-state index is 13.0. The molecule has 3 N–H and O–H groups in total. The topological polar surface area (TPSA) is 114 Å². The van der Waals surface area contributed by atoms with Gasteiger partial charge in [-0.05, 0) is 53.8 Å². The van der Waals surface area contributed by atoms with Crippen LogP contribution in [0.1, 0.15) is 48.9 Å². The summed E-state index contributed by atoms with van der Waals surface area (Å²) in [5.74, 6) is 2.07. The Morgan fingerprint density at radius 3 is 2.86 bits per heavy atom. The molecular weight excluding hydrogens is 463 g/mol. The van der Waals surface area contributed by atoms with Gasteiger partial charge in [-0.15, -0.1) is 0 Å². The number of nitrogens with zero attached hydrogens (tertiary/aromatic N) is 3. The second-order valence-corrected chi connectivity index (χ2v) is 9.45. The quantitative estimate of drug-likeness (QED) is 0.339. The smallest absolute Gasteiger partial charge is 0.257 e. The number of aromatic nitrogens is 4. The number of fused-ring (bicyclic) bond motifs is 3. The Bertz CT molecular complexity index is 1500. The number of rotatable bonds is 7. The molecule has 4 aromatic rings. The molecule has 0 radical (unpaired) electrons. The molecule has 10 heteroatoms. The van der Waals surface area contributed by atoms with Crippen molar-refractivity contribution in [1.29, 1.82) is 0 Å². The van der Waals surface area contributed by atoms with Crippen molar-refractivity contribution < 1.29 is 18.7 Å². The van der Waals surface area contributed by atoms with E-state index in [9.17, 15) is 9.18 Å². The predicted molar refractivity (Wildman–Crippen MR) is 133 cm³/mol. The molecule has 2 aromatic carbocycles. The summed E-state index contributed by atoms with van der Waals surface area (Å²) in [4.78, 5) is 22.0. The lowest BCUT2D eigenvalue weighted by atomic mass is 9.91. The summed E-state index contributed by atoms with van der Waals surface area (Å²) in [5.41, 5.74) is 3.64. The van der Waals surface area contributed by atoms with Crippen LogP contribution in [0.5, 0.6) is 11.6 Å². The van der Waals surface area contributed by atoms with Crippen molar-refractivity contribution in [2.24, 2.45) is 0 Å². The van der Waals surface area contributed by atoms with Gasteiger partial charge in [0.1, 0.15) is 5.75 Å². The molecule has 1 aliphatic carbocycles. The van der Waals surface area contributed by atoms with E-state index in [0.29, 0.717) is 29.7 Å². The maximum Gasteiger partial charge on any atom is 0.257 e. The first-order chi connectivity index (χ1) is 17.4. The molecule has 0 bridgehead atoms. The molecule has 1 amide bonds. The fourth-order valence-electron chi connectivity index (χ4n) is 5.09. The van der Waals surface area contributed by atoms with Crippen LogP contribution in [-0.4, -0.2) is 40.0 Å². The fourth-order valence-corrected chi connectivity index (χ4v) is 5.09. The summed E-state index contributed by atoms with van der Waals surface area (Å²) in [6, 6.07) is 11.2. The predicted octanol–water partition coefficient (Wildman–Crippen LogP) is 4.91. The molecule has 184 valence electrons. The second-order valence-electron chi connectivity index (χ2n) is 9.45. The molecule has 1 aliphatic heterocycles. The van der Waals surface area contributed by atoms with Gasteiger partial charge < -0.3 is 20.1 Å². The average molecular weight is 489 g/mol. The van der Waals surface area contributed by atoms with Gasteiger partial charge in [0, 0.05) is 17.0 Å². The van der Waals surface area contributed by atoms with Crippen molar-refractivity contribution in [3.05, 3.63) is 59.4 Å². The van der Waals surface area contributed by atoms with Crippen LogP contribution in [-0.2, 0) is 10.2 Å². The third kappa shape index (κ3) is 3.35. The third-order valence-corrected chi connectivity index (χ3v) is 7.08. The van der Waals surface area contributed by atoms with Crippen LogP contribution in [0, 0.1) is 0 Å². The Labute approximate surface area is 206 Å². The van der Waals surface area contributed by atoms with Crippen molar-refractivity contribution in [2.45, 2.75) is 37.5 Å². The molecule has 3 heterocycles. The van der Waals surface area contributed by atoms with Crippen molar-refractivity contribution in [2.75, 3.05) is 24.6 Å². The summed E-state index contributed by atoms with van der Waals surface area (Å²) in [6.45, 7) is 3.19. The van der Waals surface area contributed by atoms with Gasteiger partial charge in [-0.2, -0.15) is 5.10 Å². The number of aromatic amines is 1. The van der Waals surface area contributed by atoms with Crippen molar-refractivity contribution >= 4 is 34.1 Å². The van der Waals surface area contributed by atoms with Gasteiger partial charge >= 0.3 is 0 Å². The zero-order valence-corrected chi connectivity index (χ0v) is 20.1. The Morgan fingerprint density at radius 2 is 2.08 bits per heavy atom. The second kappa shape index (κ2) is 8.18. The van der Waals surface area contributed by atoms with Crippen LogP contribution in [0.25, 0.3) is 10.9 Å². The van der Waals surface area contributed by atoms with Crippen LogP contribution in [0.3, 0.4) is 0 Å². The number of hydrogen-bond acceptors (Lipinski definition) is 7. The lowest BCUT2D eigenvalue weighted by Gasteiger charge is -2.11. The number of nitrogens with one attached hydrogen (secondary N) is 3. The van der Waals surface area contributed by atoms with Gasteiger partial charge in [-0.3, -0.25) is 9.89 Å². The van der Waals surface area contributed by atoms with E-state index in [2.05, 4.69) is 30.8 Å². The Hall–Kier alpha value is -4.21. The Morgan fingerprint density at radius 1 is 1.22 bits per heavy atom. The van der Waals surface area contributed by atoms with Crippen LogP contribution in [0.15, 0.2) is 42.6 Å². The number of carbonyl (C=O) groups is 1. The third-order valence-electron chi connectivity index (χ3n) is 7.08. The number of halogens is 1. The van der Waals surface area contributed by atoms with Crippen molar-refractivity contribution in [3.63, 3.8) is 0 Å². The molecule has 2 atom stereocenters. The van der Waals surface area contributed by atoms with E-state index >= 15 is 0 Å². The molecule has 1 spiro atoms. The molecular formula is C26H25FN6O3. The Kier molecular flexibility index (Phi) is 5.06. The van der Waals surface area contributed by atoms with E-state index < -0.39 is 12.3 Å². The summed E-state index contributed by atoms with van der Waals surface area (Å²) < 4.78 is 23.1. The van der Waals surface area contributed by atoms with E-state index in [4.69, 9.17) is 9.47 Å². The van der Waals surface area contributed by atoms with Crippen molar-refractivity contribution in [1.82, 2.24) is 20.2 Å². The number of ether oxygens (including phenoxy) is 2. The summed E-state index contributed by atoms with van der Waals surface area (Å²) in [6.07, 6.45) is 2.38.